The quantitative estimate of drug-likeness (QED) is 0.481. The predicted molar refractivity (Wildman–Crippen MR) is 37.1 cm³/mol. The standard InChI is InChI=1S/C8H12O/c1-6-4-5-7(9)8(6,2)3/h4-6H,1-3H3. The average molecular weight is 124 g/mol. The van der Waals surface area contributed by atoms with Gasteiger partial charge in [0.15, 0.2) is 5.78 Å². The Morgan fingerprint density at radius 2 is 2.11 bits per heavy atom. The highest BCUT2D eigenvalue weighted by Gasteiger charge is 2.34. The molecule has 1 atom stereocenters. The maximum absolute atomic E-state index is 11.0. The van der Waals surface area contributed by atoms with Crippen LogP contribution in [0.1, 0.15) is 20.8 Å². The monoisotopic (exact) mass is 124 g/mol. The normalized spacial score (nSPS) is 31.4. The summed E-state index contributed by atoms with van der Waals surface area (Å²) in [7, 11) is 0. The molecule has 1 nitrogen and oxygen atoms in total. The highest BCUT2D eigenvalue weighted by atomic mass is 16.1. The van der Waals surface area contributed by atoms with Crippen LogP contribution < -0.4 is 0 Å². The zero-order chi connectivity index (χ0) is 7.07. The molecule has 1 aliphatic carbocycles. The van der Waals surface area contributed by atoms with E-state index in [1.54, 1.807) is 6.08 Å². The average Bonchev–Trinajstić information content (AvgIpc) is 1.96. The maximum Gasteiger partial charge on any atom is 0.161 e. The lowest BCUT2D eigenvalue weighted by molar-refractivity contribution is -0.122. The van der Waals surface area contributed by atoms with Crippen molar-refractivity contribution in [3.63, 3.8) is 0 Å². The van der Waals surface area contributed by atoms with Gasteiger partial charge in [-0.25, -0.2) is 0 Å². The lowest BCUT2D eigenvalue weighted by Crippen LogP contribution is -2.23. The van der Waals surface area contributed by atoms with Gasteiger partial charge in [-0.05, 0) is 12.0 Å². The SMILES string of the molecule is CC1C=CC(=O)C1(C)C. The van der Waals surface area contributed by atoms with E-state index in [0.29, 0.717) is 5.92 Å². The second-order valence-electron chi connectivity index (χ2n) is 3.23. The van der Waals surface area contributed by atoms with Crippen LogP contribution in [-0.4, -0.2) is 5.78 Å². The van der Waals surface area contributed by atoms with Crippen molar-refractivity contribution < 1.29 is 4.79 Å². The number of rotatable bonds is 0. The minimum atomic E-state index is -0.139. The van der Waals surface area contributed by atoms with Crippen molar-refractivity contribution >= 4 is 5.78 Å². The van der Waals surface area contributed by atoms with Crippen molar-refractivity contribution in [2.75, 3.05) is 0 Å². The molecule has 0 bridgehead atoms. The van der Waals surface area contributed by atoms with Crippen molar-refractivity contribution in [3.8, 4) is 0 Å². The molecule has 0 radical (unpaired) electrons. The molecule has 0 fully saturated rings. The minimum absolute atomic E-state index is 0.139. The molecule has 0 amide bonds. The molecule has 1 heteroatoms. The van der Waals surface area contributed by atoms with Crippen molar-refractivity contribution in [1.82, 2.24) is 0 Å². The third-order valence-corrected chi connectivity index (χ3v) is 2.31. The van der Waals surface area contributed by atoms with Gasteiger partial charge in [-0.2, -0.15) is 0 Å². The van der Waals surface area contributed by atoms with Gasteiger partial charge in [0.05, 0.1) is 0 Å². The largest absolute Gasteiger partial charge is 0.294 e. The van der Waals surface area contributed by atoms with Gasteiger partial charge in [-0.15, -0.1) is 0 Å². The number of ketones is 1. The first-order valence-corrected chi connectivity index (χ1v) is 3.28. The second kappa shape index (κ2) is 1.69. The molecule has 1 aliphatic rings. The molecule has 50 valence electrons. The van der Waals surface area contributed by atoms with Crippen LogP contribution in [0.25, 0.3) is 0 Å². The van der Waals surface area contributed by atoms with Gasteiger partial charge >= 0.3 is 0 Å². The molecule has 0 aromatic heterocycles. The molecule has 0 heterocycles. The molecule has 0 N–H and O–H groups in total. The third kappa shape index (κ3) is 0.805. The lowest BCUT2D eigenvalue weighted by Gasteiger charge is -2.20. The van der Waals surface area contributed by atoms with Crippen LogP contribution >= 0.6 is 0 Å². The first-order valence-electron chi connectivity index (χ1n) is 3.28. The van der Waals surface area contributed by atoms with Crippen molar-refractivity contribution in [1.29, 1.82) is 0 Å². The zero-order valence-corrected chi connectivity index (χ0v) is 6.14. The van der Waals surface area contributed by atoms with Gasteiger partial charge < -0.3 is 0 Å². The van der Waals surface area contributed by atoms with Crippen LogP contribution in [0.15, 0.2) is 12.2 Å². The number of carbonyl (C=O) groups excluding carboxylic acids is 1. The van der Waals surface area contributed by atoms with Crippen LogP contribution in [0.5, 0.6) is 0 Å². The van der Waals surface area contributed by atoms with Crippen LogP contribution in [0.4, 0.5) is 0 Å². The molecule has 1 rings (SSSR count). The van der Waals surface area contributed by atoms with E-state index in [1.165, 1.54) is 0 Å². The maximum atomic E-state index is 11.0. The Balaban J connectivity index is 2.88. The van der Waals surface area contributed by atoms with Gasteiger partial charge in [0, 0.05) is 5.41 Å². The third-order valence-electron chi connectivity index (χ3n) is 2.31. The van der Waals surface area contributed by atoms with E-state index in [9.17, 15) is 4.79 Å². The van der Waals surface area contributed by atoms with E-state index in [0.717, 1.165) is 0 Å². The summed E-state index contributed by atoms with van der Waals surface area (Å²) in [6.07, 6.45) is 3.66. The van der Waals surface area contributed by atoms with Crippen molar-refractivity contribution in [2.45, 2.75) is 20.8 Å². The molecular weight excluding hydrogens is 112 g/mol. The van der Waals surface area contributed by atoms with E-state index in [2.05, 4.69) is 6.92 Å². The topological polar surface area (TPSA) is 17.1 Å². The minimum Gasteiger partial charge on any atom is -0.294 e. The van der Waals surface area contributed by atoms with Crippen LogP contribution in [0.2, 0.25) is 0 Å². The fourth-order valence-electron chi connectivity index (χ4n) is 0.911. The fourth-order valence-corrected chi connectivity index (χ4v) is 0.911. The summed E-state index contributed by atoms with van der Waals surface area (Å²) in [6.45, 7) is 6.04. The van der Waals surface area contributed by atoms with E-state index in [1.807, 2.05) is 19.9 Å². The number of carbonyl (C=O) groups is 1. The van der Waals surface area contributed by atoms with Gasteiger partial charge in [0.25, 0.3) is 0 Å². The molecule has 0 spiro atoms. The first-order chi connectivity index (χ1) is 4.05. The Morgan fingerprint density at radius 3 is 2.22 bits per heavy atom. The summed E-state index contributed by atoms with van der Waals surface area (Å²) in [5, 5.41) is 0. The predicted octanol–water partition coefficient (Wildman–Crippen LogP) is 1.79. The van der Waals surface area contributed by atoms with E-state index < -0.39 is 0 Å². The molecule has 1 unspecified atom stereocenters. The van der Waals surface area contributed by atoms with Gasteiger partial charge in [0.2, 0.25) is 0 Å². The Kier molecular flexibility index (Phi) is 1.23. The van der Waals surface area contributed by atoms with E-state index in [4.69, 9.17) is 0 Å². The molecule has 0 aromatic carbocycles. The Labute approximate surface area is 55.8 Å². The summed E-state index contributed by atoms with van der Waals surface area (Å²) >= 11 is 0. The van der Waals surface area contributed by atoms with Crippen LogP contribution in [0, 0.1) is 11.3 Å². The van der Waals surface area contributed by atoms with Crippen LogP contribution in [-0.2, 0) is 4.79 Å². The Morgan fingerprint density at radius 1 is 1.56 bits per heavy atom. The van der Waals surface area contributed by atoms with Gasteiger partial charge in [-0.3, -0.25) is 4.79 Å². The number of allylic oxidation sites excluding steroid dienone is 2. The molecule has 0 aromatic rings. The summed E-state index contributed by atoms with van der Waals surface area (Å²) in [6, 6.07) is 0. The Hall–Kier alpha value is -0.590. The smallest absolute Gasteiger partial charge is 0.161 e. The molecule has 0 saturated heterocycles. The van der Waals surface area contributed by atoms with Gasteiger partial charge in [0.1, 0.15) is 0 Å². The first kappa shape index (κ1) is 6.53. The summed E-state index contributed by atoms with van der Waals surface area (Å²) in [5.41, 5.74) is -0.139. The second-order valence-corrected chi connectivity index (χ2v) is 3.23. The molecule has 9 heavy (non-hydrogen) atoms. The Bertz CT molecular complexity index is 165. The van der Waals surface area contributed by atoms with E-state index >= 15 is 0 Å². The molecular formula is C8H12O. The summed E-state index contributed by atoms with van der Waals surface area (Å²) in [4.78, 5) is 11.0. The van der Waals surface area contributed by atoms with Crippen LogP contribution in [0.3, 0.4) is 0 Å². The number of hydrogen-bond donors (Lipinski definition) is 0. The molecule has 0 aliphatic heterocycles. The van der Waals surface area contributed by atoms with E-state index in [-0.39, 0.29) is 11.2 Å². The van der Waals surface area contributed by atoms with Crippen molar-refractivity contribution in [2.24, 2.45) is 11.3 Å². The van der Waals surface area contributed by atoms with Gasteiger partial charge in [-0.1, -0.05) is 26.8 Å². The highest BCUT2D eigenvalue weighted by Crippen LogP contribution is 2.33. The lowest BCUT2D eigenvalue weighted by atomic mass is 9.82. The summed E-state index contributed by atoms with van der Waals surface area (Å²) < 4.78 is 0. The highest BCUT2D eigenvalue weighted by molar-refractivity contribution is 5.97. The summed E-state index contributed by atoms with van der Waals surface area (Å²) in [5.74, 6) is 0.667. The fraction of sp³-hybridized carbons (Fsp3) is 0.625. The van der Waals surface area contributed by atoms with Crippen molar-refractivity contribution in [3.05, 3.63) is 12.2 Å². The number of hydrogen-bond acceptors (Lipinski definition) is 1. The zero-order valence-electron chi connectivity index (χ0n) is 6.14. The molecule has 0 saturated carbocycles.